The van der Waals surface area contributed by atoms with Crippen LogP contribution in [-0.4, -0.2) is 36.7 Å². The van der Waals surface area contributed by atoms with E-state index < -0.39 is 0 Å². The van der Waals surface area contributed by atoms with Crippen molar-refractivity contribution in [2.75, 3.05) is 19.9 Å². The highest BCUT2D eigenvalue weighted by atomic mass is 35.5. The molecule has 7 heteroatoms. The van der Waals surface area contributed by atoms with Gasteiger partial charge in [0, 0.05) is 30.6 Å². The van der Waals surface area contributed by atoms with Gasteiger partial charge < -0.3 is 20.1 Å². The molecule has 4 rings (SSSR count). The van der Waals surface area contributed by atoms with Gasteiger partial charge in [0.2, 0.25) is 6.79 Å². The highest BCUT2D eigenvalue weighted by molar-refractivity contribution is 6.32. The number of rotatable bonds is 2. The van der Waals surface area contributed by atoms with E-state index in [1.165, 1.54) is 0 Å². The molecule has 0 unspecified atom stereocenters. The maximum atomic E-state index is 12.8. The summed E-state index contributed by atoms with van der Waals surface area (Å²) < 4.78 is 10.6. The van der Waals surface area contributed by atoms with E-state index in [-0.39, 0.29) is 37.1 Å². The van der Waals surface area contributed by atoms with Crippen LogP contribution in [0.2, 0.25) is 5.02 Å². The average Bonchev–Trinajstić information content (AvgIpc) is 3.21. The lowest BCUT2D eigenvalue weighted by Crippen LogP contribution is -2.32. The summed E-state index contributed by atoms with van der Waals surface area (Å²) in [7, 11) is 0. The third-order valence-corrected chi connectivity index (χ3v) is 4.83. The van der Waals surface area contributed by atoms with Gasteiger partial charge in [0.25, 0.3) is 5.91 Å². The molecule has 0 bridgehead atoms. The molecular weight excluding hydrogens is 363 g/mol. The number of hydrogen-bond donors (Lipinski definition) is 1. The fourth-order valence-electron chi connectivity index (χ4n) is 3.32. The molecule has 1 amide bonds. The van der Waals surface area contributed by atoms with Crippen LogP contribution in [0.3, 0.4) is 0 Å². The number of ether oxygens (including phenoxy) is 2. The number of halogens is 2. The predicted molar refractivity (Wildman–Crippen MR) is 97.9 cm³/mol. The molecule has 0 aromatic heterocycles. The minimum atomic E-state index is -0.0934. The molecule has 5 nitrogen and oxygen atoms in total. The molecule has 2 N–H and O–H groups in total. The second-order valence-electron chi connectivity index (χ2n) is 6.08. The summed E-state index contributed by atoms with van der Waals surface area (Å²) in [5.41, 5.74) is 7.92. The number of carbonyl (C=O) groups excluding carboxylic acids is 1. The van der Waals surface area contributed by atoms with Crippen molar-refractivity contribution in [3.05, 3.63) is 58.6 Å². The molecule has 132 valence electrons. The van der Waals surface area contributed by atoms with Crippen LogP contribution < -0.4 is 15.2 Å². The minimum Gasteiger partial charge on any atom is -0.454 e. The Morgan fingerprint density at radius 2 is 1.92 bits per heavy atom. The number of fused-ring (bicyclic) bond motifs is 1. The summed E-state index contributed by atoms with van der Waals surface area (Å²) >= 11 is 6.18. The first kappa shape index (κ1) is 17.9. The Labute approximate surface area is 157 Å². The molecule has 0 spiro atoms. The lowest BCUT2D eigenvalue weighted by atomic mass is 9.95. The van der Waals surface area contributed by atoms with Crippen molar-refractivity contribution in [2.45, 2.75) is 12.0 Å². The highest BCUT2D eigenvalue weighted by Gasteiger charge is 2.35. The number of likely N-dealkylation sites (tertiary alicyclic amines) is 1. The molecule has 1 fully saturated rings. The van der Waals surface area contributed by atoms with Gasteiger partial charge in [-0.15, -0.1) is 12.4 Å². The molecule has 2 aromatic carbocycles. The number of hydrogen-bond acceptors (Lipinski definition) is 4. The van der Waals surface area contributed by atoms with Crippen molar-refractivity contribution in [1.29, 1.82) is 0 Å². The van der Waals surface area contributed by atoms with E-state index in [9.17, 15) is 4.79 Å². The molecule has 0 aliphatic carbocycles. The van der Waals surface area contributed by atoms with E-state index >= 15 is 0 Å². The Morgan fingerprint density at radius 1 is 1.16 bits per heavy atom. The Kier molecular flexibility index (Phi) is 5.08. The molecule has 0 radical (unpaired) electrons. The summed E-state index contributed by atoms with van der Waals surface area (Å²) in [6, 6.07) is 13.3. The van der Waals surface area contributed by atoms with Crippen molar-refractivity contribution in [2.24, 2.45) is 5.73 Å². The summed E-state index contributed by atoms with van der Waals surface area (Å²) in [6.07, 6.45) is 0. The van der Waals surface area contributed by atoms with Gasteiger partial charge in [-0.2, -0.15) is 0 Å². The van der Waals surface area contributed by atoms with Gasteiger partial charge >= 0.3 is 0 Å². The van der Waals surface area contributed by atoms with Crippen molar-refractivity contribution in [1.82, 2.24) is 4.90 Å². The second kappa shape index (κ2) is 7.12. The van der Waals surface area contributed by atoms with Gasteiger partial charge in [0.15, 0.2) is 11.5 Å². The van der Waals surface area contributed by atoms with Crippen molar-refractivity contribution < 1.29 is 14.3 Å². The lowest BCUT2D eigenvalue weighted by molar-refractivity contribution is 0.0788. The average molecular weight is 381 g/mol. The van der Waals surface area contributed by atoms with Gasteiger partial charge in [0.1, 0.15) is 0 Å². The number of nitrogens with zero attached hydrogens (tertiary/aromatic N) is 1. The van der Waals surface area contributed by atoms with Crippen molar-refractivity contribution in [3.8, 4) is 11.5 Å². The Balaban J connectivity index is 0.00000182. The maximum Gasteiger partial charge on any atom is 0.254 e. The topological polar surface area (TPSA) is 64.8 Å². The van der Waals surface area contributed by atoms with Crippen LogP contribution in [-0.2, 0) is 0 Å². The van der Waals surface area contributed by atoms with Gasteiger partial charge in [-0.25, -0.2) is 0 Å². The number of carbonyl (C=O) groups is 1. The van der Waals surface area contributed by atoms with Crippen LogP contribution >= 0.6 is 24.0 Å². The van der Waals surface area contributed by atoms with Gasteiger partial charge in [0.05, 0.1) is 5.02 Å². The van der Waals surface area contributed by atoms with Crippen LogP contribution in [0.1, 0.15) is 21.8 Å². The Morgan fingerprint density at radius 3 is 2.68 bits per heavy atom. The predicted octanol–water partition coefficient (Wildman–Crippen LogP) is 3.06. The first-order valence-corrected chi connectivity index (χ1v) is 8.20. The summed E-state index contributed by atoms with van der Waals surface area (Å²) in [6.45, 7) is 1.23. The van der Waals surface area contributed by atoms with E-state index in [1.54, 1.807) is 17.0 Å². The molecule has 2 atom stereocenters. The summed E-state index contributed by atoms with van der Waals surface area (Å²) in [5.74, 6) is 1.05. The summed E-state index contributed by atoms with van der Waals surface area (Å²) in [4.78, 5) is 14.6. The molecule has 0 saturated carbocycles. The first-order chi connectivity index (χ1) is 11.6. The summed E-state index contributed by atoms with van der Waals surface area (Å²) in [5, 5.41) is 0.386. The van der Waals surface area contributed by atoms with Gasteiger partial charge in [-0.3, -0.25) is 4.79 Å². The van der Waals surface area contributed by atoms with Gasteiger partial charge in [-0.05, 0) is 17.7 Å². The zero-order valence-electron chi connectivity index (χ0n) is 13.4. The van der Waals surface area contributed by atoms with Crippen LogP contribution in [0.5, 0.6) is 11.5 Å². The number of amides is 1. The Hall–Kier alpha value is -1.95. The Bertz CT molecular complexity index is 785. The molecule has 1 saturated heterocycles. The fourth-order valence-corrected chi connectivity index (χ4v) is 3.59. The minimum absolute atomic E-state index is 0. The van der Waals surface area contributed by atoms with E-state index in [4.69, 9.17) is 26.8 Å². The van der Waals surface area contributed by atoms with Crippen molar-refractivity contribution >= 4 is 29.9 Å². The molecule has 2 aromatic rings. The zero-order chi connectivity index (χ0) is 16.7. The standard InChI is InChI=1S/C18H17ClN2O3.ClH/c19-14-6-12(7-16-17(14)24-10-23-16)18(22)21-8-13(15(20)9-21)11-4-2-1-3-5-11;/h1-7,13,15H,8-10,20H2;1H/t13-,15+;/m0./s1. The van der Waals surface area contributed by atoms with Crippen LogP contribution in [0, 0.1) is 0 Å². The maximum absolute atomic E-state index is 12.8. The second-order valence-corrected chi connectivity index (χ2v) is 6.49. The normalized spacial score (nSPS) is 21.1. The SMILES string of the molecule is Cl.N[C@@H]1CN(C(=O)c2cc(Cl)c3c(c2)OCO3)C[C@H]1c1ccccc1. The smallest absolute Gasteiger partial charge is 0.254 e. The van der Waals surface area contributed by atoms with E-state index in [1.807, 2.05) is 18.2 Å². The van der Waals surface area contributed by atoms with E-state index in [2.05, 4.69) is 12.1 Å². The molecule has 2 aliphatic rings. The molecular formula is C18H18Cl2N2O3. The zero-order valence-corrected chi connectivity index (χ0v) is 14.9. The van der Waals surface area contributed by atoms with Crippen molar-refractivity contribution in [3.63, 3.8) is 0 Å². The largest absolute Gasteiger partial charge is 0.454 e. The van der Waals surface area contributed by atoms with E-state index in [0.29, 0.717) is 35.2 Å². The molecule has 25 heavy (non-hydrogen) atoms. The van der Waals surface area contributed by atoms with Gasteiger partial charge in [-0.1, -0.05) is 41.9 Å². The number of nitrogens with two attached hydrogens (primary N) is 1. The highest BCUT2D eigenvalue weighted by Crippen LogP contribution is 2.40. The molecule has 2 aliphatic heterocycles. The lowest BCUT2D eigenvalue weighted by Gasteiger charge is -2.17. The number of benzene rings is 2. The van der Waals surface area contributed by atoms with Crippen LogP contribution in [0.4, 0.5) is 0 Å². The monoisotopic (exact) mass is 380 g/mol. The fraction of sp³-hybridized carbons (Fsp3) is 0.278. The van der Waals surface area contributed by atoms with E-state index in [0.717, 1.165) is 5.56 Å². The first-order valence-electron chi connectivity index (χ1n) is 7.82. The third kappa shape index (κ3) is 3.27. The van der Waals surface area contributed by atoms with Crippen LogP contribution in [0.15, 0.2) is 42.5 Å². The molecule has 2 heterocycles. The van der Waals surface area contributed by atoms with Crippen LogP contribution in [0.25, 0.3) is 0 Å². The third-order valence-electron chi connectivity index (χ3n) is 4.55. The quantitative estimate of drug-likeness (QED) is 0.869.